The summed E-state index contributed by atoms with van der Waals surface area (Å²) in [6.07, 6.45) is 2.22. The average Bonchev–Trinajstić information content (AvgIpc) is 2.91. The van der Waals surface area contributed by atoms with Gasteiger partial charge in [-0.15, -0.1) is 11.3 Å². The van der Waals surface area contributed by atoms with Crippen molar-refractivity contribution in [3.05, 3.63) is 22.4 Å². The number of nitrogens with one attached hydrogen (secondary N) is 1. The molecular formula is C17H28N2OS. The summed E-state index contributed by atoms with van der Waals surface area (Å²) in [7, 11) is 0. The van der Waals surface area contributed by atoms with Crippen LogP contribution in [0, 0.1) is 5.41 Å². The second-order valence-corrected chi connectivity index (χ2v) is 8.11. The number of hydrogen-bond donors (Lipinski definition) is 1. The molecule has 2 unspecified atom stereocenters. The van der Waals surface area contributed by atoms with Crippen molar-refractivity contribution in [3.63, 3.8) is 0 Å². The minimum absolute atomic E-state index is 0.163. The minimum atomic E-state index is -0.314. The summed E-state index contributed by atoms with van der Waals surface area (Å²) < 4.78 is 0. The standard InChI is InChI=1S/C17H28N2OS/c1-5-8-19-11-13(15-7-6-9-21-15)10-14(12-19)18-16(20)17(2,3)4/h6-7,9,13-14H,5,8,10-12H2,1-4H3,(H,18,20). The lowest BCUT2D eigenvalue weighted by molar-refractivity contribution is -0.129. The van der Waals surface area contributed by atoms with E-state index in [4.69, 9.17) is 0 Å². The van der Waals surface area contributed by atoms with E-state index in [1.54, 1.807) is 0 Å². The fourth-order valence-electron chi connectivity index (χ4n) is 2.93. The molecular weight excluding hydrogens is 280 g/mol. The largest absolute Gasteiger partial charge is 0.352 e. The van der Waals surface area contributed by atoms with Crippen LogP contribution in [0.1, 0.15) is 51.3 Å². The quantitative estimate of drug-likeness (QED) is 0.923. The Morgan fingerprint density at radius 3 is 2.76 bits per heavy atom. The highest BCUT2D eigenvalue weighted by Gasteiger charge is 2.31. The molecule has 1 saturated heterocycles. The summed E-state index contributed by atoms with van der Waals surface area (Å²) in [6, 6.07) is 4.62. The zero-order chi connectivity index (χ0) is 15.5. The van der Waals surface area contributed by atoms with Crippen LogP contribution in [0.5, 0.6) is 0 Å². The number of nitrogens with zero attached hydrogens (tertiary/aromatic N) is 1. The number of carbonyl (C=O) groups excluding carboxylic acids is 1. The number of rotatable bonds is 4. The van der Waals surface area contributed by atoms with Gasteiger partial charge in [-0.3, -0.25) is 4.79 Å². The van der Waals surface area contributed by atoms with Crippen LogP contribution in [-0.2, 0) is 4.79 Å². The Morgan fingerprint density at radius 2 is 2.19 bits per heavy atom. The van der Waals surface area contributed by atoms with Crippen molar-refractivity contribution in [1.29, 1.82) is 0 Å². The van der Waals surface area contributed by atoms with E-state index in [2.05, 4.69) is 34.7 Å². The van der Waals surface area contributed by atoms with Crippen LogP contribution in [-0.4, -0.2) is 36.5 Å². The molecule has 1 N–H and O–H groups in total. The summed E-state index contributed by atoms with van der Waals surface area (Å²) in [5.41, 5.74) is -0.314. The molecule has 2 heterocycles. The molecule has 1 aliphatic heterocycles. The zero-order valence-electron chi connectivity index (χ0n) is 13.7. The SMILES string of the molecule is CCCN1CC(NC(=O)C(C)(C)C)CC(c2cccs2)C1. The van der Waals surface area contributed by atoms with Crippen molar-refractivity contribution in [2.75, 3.05) is 19.6 Å². The maximum absolute atomic E-state index is 12.3. The van der Waals surface area contributed by atoms with Gasteiger partial charge in [-0.25, -0.2) is 0 Å². The first-order valence-corrected chi connectivity index (χ1v) is 8.85. The van der Waals surface area contributed by atoms with Crippen molar-refractivity contribution in [3.8, 4) is 0 Å². The third-order valence-electron chi connectivity index (χ3n) is 4.03. The Kier molecular flexibility index (Phi) is 5.44. The fraction of sp³-hybridized carbons (Fsp3) is 0.706. The van der Waals surface area contributed by atoms with Crippen molar-refractivity contribution >= 4 is 17.2 Å². The summed E-state index contributed by atoms with van der Waals surface area (Å²) in [4.78, 5) is 16.2. The fourth-order valence-corrected chi connectivity index (χ4v) is 3.76. The van der Waals surface area contributed by atoms with Gasteiger partial charge in [0, 0.05) is 35.3 Å². The molecule has 0 aromatic carbocycles. The van der Waals surface area contributed by atoms with Gasteiger partial charge in [-0.2, -0.15) is 0 Å². The third-order valence-corrected chi connectivity index (χ3v) is 5.06. The highest BCUT2D eigenvalue weighted by atomic mass is 32.1. The number of likely N-dealkylation sites (tertiary alicyclic amines) is 1. The van der Waals surface area contributed by atoms with Crippen LogP contribution in [0.2, 0.25) is 0 Å². The van der Waals surface area contributed by atoms with Gasteiger partial charge in [-0.05, 0) is 30.8 Å². The van der Waals surface area contributed by atoms with E-state index in [1.165, 1.54) is 4.88 Å². The van der Waals surface area contributed by atoms with Crippen molar-refractivity contribution in [1.82, 2.24) is 10.2 Å². The molecule has 21 heavy (non-hydrogen) atoms. The van der Waals surface area contributed by atoms with E-state index in [1.807, 2.05) is 32.1 Å². The Balaban J connectivity index is 2.04. The Hall–Kier alpha value is -0.870. The number of thiophene rings is 1. The van der Waals surface area contributed by atoms with Crippen LogP contribution in [0.3, 0.4) is 0 Å². The molecule has 3 nitrogen and oxygen atoms in total. The van der Waals surface area contributed by atoms with Crippen molar-refractivity contribution in [2.45, 2.75) is 52.5 Å². The molecule has 118 valence electrons. The lowest BCUT2D eigenvalue weighted by Gasteiger charge is -2.38. The summed E-state index contributed by atoms with van der Waals surface area (Å²) in [5, 5.41) is 5.41. The lowest BCUT2D eigenvalue weighted by Crippen LogP contribution is -2.52. The maximum atomic E-state index is 12.3. The molecule has 0 saturated carbocycles. The molecule has 1 amide bonds. The lowest BCUT2D eigenvalue weighted by atomic mass is 9.90. The predicted molar refractivity (Wildman–Crippen MR) is 89.8 cm³/mol. The van der Waals surface area contributed by atoms with Gasteiger partial charge in [0.05, 0.1) is 0 Å². The Morgan fingerprint density at radius 1 is 1.43 bits per heavy atom. The molecule has 0 spiro atoms. The van der Waals surface area contributed by atoms with Crippen molar-refractivity contribution < 1.29 is 4.79 Å². The number of piperidine rings is 1. The van der Waals surface area contributed by atoms with Gasteiger partial charge in [0.2, 0.25) is 5.91 Å². The topological polar surface area (TPSA) is 32.3 Å². The molecule has 4 heteroatoms. The van der Waals surface area contributed by atoms with Crippen LogP contribution < -0.4 is 5.32 Å². The highest BCUT2D eigenvalue weighted by molar-refractivity contribution is 7.10. The van der Waals surface area contributed by atoms with Gasteiger partial charge < -0.3 is 10.2 Å². The summed E-state index contributed by atoms with van der Waals surface area (Å²) in [6.45, 7) is 11.4. The number of carbonyl (C=O) groups is 1. The van der Waals surface area contributed by atoms with E-state index in [9.17, 15) is 4.79 Å². The first kappa shape index (κ1) is 16.5. The summed E-state index contributed by atoms with van der Waals surface area (Å²) >= 11 is 1.84. The van der Waals surface area contributed by atoms with Crippen molar-refractivity contribution in [2.24, 2.45) is 5.41 Å². The number of hydrogen-bond acceptors (Lipinski definition) is 3. The summed E-state index contributed by atoms with van der Waals surface area (Å²) in [5.74, 6) is 0.714. The van der Waals surface area contributed by atoms with E-state index in [0.717, 1.165) is 32.5 Å². The first-order chi connectivity index (χ1) is 9.90. The van der Waals surface area contributed by atoms with Gasteiger partial charge in [-0.1, -0.05) is 33.8 Å². The van der Waals surface area contributed by atoms with E-state index in [-0.39, 0.29) is 17.4 Å². The molecule has 1 aromatic rings. The molecule has 1 aromatic heterocycles. The van der Waals surface area contributed by atoms with Gasteiger partial charge >= 0.3 is 0 Å². The molecule has 0 bridgehead atoms. The Labute approximate surface area is 132 Å². The average molecular weight is 308 g/mol. The van der Waals surface area contributed by atoms with E-state index >= 15 is 0 Å². The normalized spacial score (nSPS) is 24.0. The van der Waals surface area contributed by atoms with Crippen LogP contribution >= 0.6 is 11.3 Å². The van der Waals surface area contributed by atoms with Crippen LogP contribution in [0.25, 0.3) is 0 Å². The van der Waals surface area contributed by atoms with E-state index < -0.39 is 0 Å². The molecule has 1 aliphatic rings. The second kappa shape index (κ2) is 6.93. The molecule has 2 atom stereocenters. The van der Waals surface area contributed by atoms with Gasteiger partial charge in [0.25, 0.3) is 0 Å². The second-order valence-electron chi connectivity index (χ2n) is 7.13. The van der Waals surface area contributed by atoms with E-state index in [0.29, 0.717) is 5.92 Å². The Bertz CT molecular complexity index is 450. The highest BCUT2D eigenvalue weighted by Crippen LogP contribution is 2.30. The van der Waals surface area contributed by atoms with Gasteiger partial charge in [0.15, 0.2) is 0 Å². The first-order valence-electron chi connectivity index (χ1n) is 7.97. The molecule has 1 fully saturated rings. The minimum Gasteiger partial charge on any atom is -0.352 e. The molecule has 0 aliphatic carbocycles. The van der Waals surface area contributed by atoms with Crippen LogP contribution in [0.15, 0.2) is 17.5 Å². The maximum Gasteiger partial charge on any atom is 0.225 e. The molecule has 2 rings (SSSR count). The third kappa shape index (κ3) is 4.55. The smallest absolute Gasteiger partial charge is 0.225 e. The van der Waals surface area contributed by atoms with Gasteiger partial charge in [0.1, 0.15) is 0 Å². The zero-order valence-corrected chi connectivity index (χ0v) is 14.5. The predicted octanol–water partition coefficient (Wildman–Crippen LogP) is 3.48. The number of amides is 1. The van der Waals surface area contributed by atoms with Crippen LogP contribution in [0.4, 0.5) is 0 Å². The monoisotopic (exact) mass is 308 g/mol. The molecule has 0 radical (unpaired) electrons.